The fraction of sp³-hybridized carbons (Fsp3) is 0.321. The lowest BCUT2D eigenvalue weighted by atomic mass is 9.83. The first-order chi connectivity index (χ1) is 18.7. The lowest BCUT2D eigenvalue weighted by Crippen LogP contribution is -2.61. The minimum Gasteiger partial charge on any atom is -0.486 e. The van der Waals surface area contributed by atoms with Crippen LogP contribution in [0.4, 0.5) is 8.78 Å². The van der Waals surface area contributed by atoms with Gasteiger partial charge in [0.15, 0.2) is 5.76 Å². The van der Waals surface area contributed by atoms with E-state index >= 15 is 0 Å². The Labute approximate surface area is 228 Å². The van der Waals surface area contributed by atoms with Crippen molar-refractivity contribution in [2.75, 3.05) is 19.7 Å². The van der Waals surface area contributed by atoms with Crippen LogP contribution >= 0.6 is 11.6 Å². The molecule has 204 valence electrons. The molecule has 0 saturated carbocycles. The van der Waals surface area contributed by atoms with Crippen molar-refractivity contribution in [1.82, 2.24) is 15.4 Å². The summed E-state index contributed by atoms with van der Waals surface area (Å²) in [6.07, 6.45) is 0.564. The standard InChI is InChI=1S/C28H26ClF2N3O5/c1-3-37-28(36)25-20(10-17-12-34(15(2)35)13-24(25)32-17)16-4-6-18(7-5-16)38-14-19-11-23(33-39-19)26-21(30)8-9-22(31)27(26)29/h4-9,11,17,24,32H,3,10,12-14H2,1-2H3/t17?,24-/m1/s1. The summed E-state index contributed by atoms with van der Waals surface area (Å²) in [6, 6.07) is 10.3. The summed E-state index contributed by atoms with van der Waals surface area (Å²) >= 11 is 5.91. The number of aromatic nitrogens is 1. The van der Waals surface area contributed by atoms with Crippen LogP contribution in [0.5, 0.6) is 5.75 Å². The second-order valence-corrected chi connectivity index (χ2v) is 9.74. The Balaban J connectivity index is 1.33. The van der Waals surface area contributed by atoms with Crippen molar-refractivity contribution in [2.45, 2.75) is 39.0 Å². The Morgan fingerprint density at radius 2 is 1.90 bits per heavy atom. The molecule has 3 heterocycles. The van der Waals surface area contributed by atoms with E-state index in [2.05, 4.69) is 10.5 Å². The van der Waals surface area contributed by atoms with Crippen molar-refractivity contribution in [3.63, 3.8) is 0 Å². The smallest absolute Gasteiger partial charge is 0.335 e. The molecule has 0 radical (unpaired) electrons. The Bertz CT molecular complexity index is 1440. The van der Waals surface area contributed by atoms with E-state index < -0.39 is 17.6 Å². The number of carbonyl (C=O) groups excluding carboxylic acids is 2. The maximum atomic E-state index is 14.2. The maximum absolute atomic E-state index is 14.2. The highest BCUT2D eigenvalue weighted by Gasteiger charge is 2.39. The molecule has 11 heteroatoms. The van der Waals surface area contributed by atoms with Crippen molar-refractivity contribution in [3.05, 3.63) is 76.0 Å². The summed E-state index contributed by atoms with van der Waals surface area (Å²) < 4.78 is 44.4. The molecule has 8 nitrogen and oxygen atoms in total. The largest absolute Gasteiger partial charge is 0.486 e. The molecular weight excluding hydrogens is 532 g/mol. The summed E-state index contributed by atoms with van der Waals surface area (Å²) in [4.78, 5) is 26.7. The van der Waals surface area contributed by atoms with E-state index in [4.69, 9.17) is 25.6 Å². The number of rotatable bonds is 7. The molecule has 2 atom stereocenters. The average molecular weight is 558 g/mol. The van der Waals surface area contributed by atoms with Crippen LogP contribution in [0.15, 0.2) is 52.6 Å². The van der Waals surface area contributed by atoms with Crippen LogP contribution < -0.4 is 10.1 Å². The van der Waals surface area contributed by atoms with Crippen molar-refractivity contribution < 1.29 is 32.4 Å². The first-order valence-electron chi connectivity index (χ1n) is 12.5. The quantitative estimate of drug-likeness (QED) is 0.331. The molecule has 5 rings (SSSR count). The molecule has 1 aromatic heterocycles. The number of amides is 1. The molecule has 0 aliphatic carbocycles. The van der Waals surface area contributed by atoms with Gasteiger partial charge < -0.3 is 24.2 Å². The van der Waals surface area contributed by atoms with Gasteiger partial charge in [-0.25, -0.2) is 13.6 Å². The van der Waals surface area contributed by atoms with Crippen LogP contribution in [0, 0.1) is 11.6 Å². The zero-order valence-corrected chi connectivity index (χ0v) is 22.1. The lowest BCUT2D eigenvalue weighted by Gasteiger charge is -2.43. The summed E-state index contributed by atoms with van der Waals surface area (Å²) in [7, 11) is 0. The Morgan fingerprint density at radius 3 is 2.62 bits per heavy atom. The third kappa shape index (κ3) is 5.53. The summed E-state index contributed by atoms with van der Waals surface area (Å²) in [5.41, 5.74) is 2.15. The van der Waals surface area contributed by atoms with E-state index in [1.807, 2.05) is 12.1 Å². The Kier molecular flexibility index (Phi) is 7.67. The summed E-state index contributed by atoms with van der Waals surface area (Å²) in [6.45, 7) is 4.49. The van der Waals surface area contributed by atoms with Gasteiger partial charge in [-0.2, -0.15) is 0 Å². The van der Waals surface area contributed by atoms with Crippen molar-refractivity contribution in [1.29, 1.82) is 0 Å². The topological polar surface area (TPSA) is 93.9 Å². The van der Waals surface area contributed by atoms with Gasteiger partial charge in [0.1, 0.15) is 29.7 Å². The average Bonchev–Trinajstić information content (AvgIpc) is 3.38. The molecule has 3 aromatic rings. The monoisotopic (exact) mass is 557 g/mol. The number of hydrogen-bond acceptors (Lipinski definition) is 7. The van der Waals surface area contributed by atoms with Crippen molar-refractivity contribution in [3.8, 4) is 17.0 Å². The number of halogens is 3. The lowest BCUT2D eigenvalue weighted by molar-refractivity contribution is -0.140. The van der Waals surface area contributed by atoms with Gasteiger partial charge in [-0.15, -0.1) is 0 Å². The highest BCUT2D eigenvalue weighted by atomic mass is 35.5. The fourth-order valence-electron chi connectivity index (χ4n) is 4.99. The second kappa shape index (κ2) is 11.2. The molecular formula is C28H26ClF2N3O5. The zero-order chi connectivity index (χ0) is 27.7. The normalized spacial score (nSPS) is 18.7. The Hall–Kier alpha value is -3.76. The number of nitrogens with one attached hydrogen (secondary N) is 1. The molecule has 1 saturated heterocycles. The van der Waals surface area contributed by atoms with Gasteiger partial charge in [0.25, 0.3) is 0 Å². The zero-order valence-electron chi connectivity index (χ0n) is 21.3. The minimum absolute atomic E-state index is 0.00732. The van der Waals surface area contributed by atoms with Crippen molar-refractivity contribution in [2.24, 2.45) is 0 Å². The number of carbonyl (C=O) groups is 2. The number of benzene rings is 2. The maximum Gasteiger partial charge on any atom is 0.335 e. The predicted octanol–water partition coefficient (Wildman–Crippen LogP) is 4.76. The minimum atomic E-state index is -0.760. The number of piperazine rings is 1. The van der Waals surface area contributed by atoms with Crippen LogP contribution in [0.2, 0.25) is 5.02 Å². The summed E-state index contributed by atoms with van der Waals surface area (Å²) in [5, 5.41) is 6.87. The van der Waals surface area contributed by atoms with E-state index in [1.165, 1.54) is 13.0 Å². The number of esters is 1. The van der Waals surface area contributed by atoms with E-state index in [0.717, 1.165) is 23.3 Å². The van der Waals surface area contributed by atoms with Gasteiger partial charge in [0.2, 0.25) is 5.91 Å². The van der Waals surface area contributed by atoms with Crippen molar-refractivity contribution >= 4 is 29.1 Å². The van der Waals surface area contributed by atoms with Gasteiger partial charge in [-0.05, 0) is 48.7 Å². The molecule has 39 heavy (non-hydrogen) atoms. The van der Waals surface area contributed by atoms with Gasteiger partial charge in [-0.3, -0.25) is 4.79 Å². The number of fused-ring (bicyclic) bond motifs is 2. The first kappa shape index (κ1) is 26.8. The van der Waals surface area contributed by atoms with Gasteiger partial charge in [-0.1, -0.05) is 28.9 Å². The number of nitrogens with zero attached hydrogens (tertiary/aromatic N) is 2. The van der Waals surface area contributed by atoms with Gasteiger partial charge in [0.05, 0.1) is 28.8 Å². The SMILES string of the molecule is CCOC(=O)C1=C(c2ccc(OCc3cc(-c4c(F)ccc(F)c4Cl)no3)cc2)CC2CN(C(C)=O)C[C@H]1N2. The van der Waals surface area contributed by atoms with Crippen LogP contribution in [0.3, 0.4) is 0 Å². The van der Waals surface area contributed by atoms with Crippen LogP contribution in [-0.2, 0) is 20.9 Å². The first-order valence-corrected chi connectivity index (χ1v) is 12.9. The van der Waals surface area contributed by atoms with Crippen LogP contribution in [0.1, 0.15) is 31.6 Å². The Morgan fingerprint density at radius 1 is 1.15 bits per heavy atom. The highest BCUT2D eigenvalue weighted by Crippen LogP contribution is 2.35. The molecule has 1 fully saturated rings. The molecule has 1 unspecified atom stereocenters. The third-order valence-electron chi connectivity index (χ3n) is 6.79. The third-order valence-corrected chi connectivity index (χ3v) is 7.16. The molecule has 2 bridgehead atoms. The molecule has 0 spiro atoms. The van der Waals surface area contributed by atoms with E-state index in [1.54, 1.807) is 24.0 Å². The molecule has 1 amide bonds. The fourth-order valence-corrected chi connectivity index (χ4v) is 5.24. The number of ether oxygens (including phenoxy) is 2. The molecule has 2 aromatic carbocycles. The molecule has 1 N–H and O–H groups in total. The van der Waals surface area contributed by atoms with E-state index in [9.17, 15) is 18.4 Å². The van der Waals surface area contributed by atoms with Crippen LogP contribution in [0.25, 0.3) is 16.8 Å². The summed E-state index contributed by atoms with van der Waals surface area (Å²) in [5.74, 6) is -1.08. The van der Waals surface area contributed by atoms with E-state index in [-0.39, 0.29) is 47.5 Å². The predicted molar refractivity (Wildman–Crippen MR) is 139 cm³/mol. The van der Waals surface area contributed by atoms with E-state index in [0.29, 0.717) is 36.6 Å². The molecule has 2 aliphatic rings. The van der Waals surface area contributed by atoms with Gasteiger partial charge >= 0.3 is 5.97 Å². The van der Waals surface area contributed by atoms with Crippen LogP contribution in [-0.4, -0.2) is 53.7 Å². The molecule has 2 aliphatic heterocycles. The number of hydrogen-bond donors (Lipinski definition) is 1. The van der Waals surface area contributed by atoms with Gasteiger partial charge in [0, 0.05) is 32.1 Å². The second-order valence-electron chi connectivity index (χ2n) is 9.37. The highest BCUT2D eigenvalue weighted by molar-refractivity contribution is 6.33.